The molecule has 3 rings (SSSR count). The Morgan fingerprint density at radius 1 is 1.37 bits per heavy atom. The topological polar surface area (TPSA) is 33.2 Å². The van der Waals surface area contributed by atoms with Crippen molar-refractivity contribution in [1.82, 2.24) is 9.88 Å². The summed E-state index contributed by atoms with van der Waals surface area (Å²) in [6, 6.07) is 10.2. The number of nitrogens with zero attached hydrogens (tertiary/aromatic N) is 2. The van der Waals surface area contributed by atoms with Crippen molar-refractivity contribution in [2.24, 2.45) is 5.92 Å². The summed E-state index contributed by atoms with van der Waals surface area (Å²) in [5.41, 5.74) is 2.09. The molecule has 1 saturated carbocycles. The fraction of sp³-hybridized carbons (Fsp3) is 0.375. The molecule has 0 spiro atoms. The second-order valence-corrected chi connectivity index (χ2v) is 5.36. The molecule has 0 saturated heterocycles. The SMILES string of the molecule is CN(Cc1cnc2ccccc2c1)C(=O)C1CCC1. The molecule has 1 aliphatic carbocycles. The number of amides is 1. The lowest BCUT2D eigenvalue weighted by Gasteiger charge is -2.29. The number of fused-ring (bicyclic) bond motifs is 1. The molecule has 1 aliphatic rings. The van der Waals surface area contributed by atoms with Gasteiger partial charge < -0.3 is 4.90 Å². The first-order valence-electron chi connectivity index (χ1n) is 6.83. The highest BCUT2D eigenvalue weighted by Gasteiger charge is 2.27. The highest BCUT2D eigenvalue weighted by atomic mass is 16.2. The predicted molar refractivity (Wildman–Crippen MR) is 75.6 cm³/mol. The zero-order valence-corrected chi connectivity index (χ0v) is 11.2. The Balaban J connectivity index is 1.75. The van der Waals surface area contributed by atoms with Gasteiger partial charge in [0.05, 0.1) is 5.52 Å². The lowest BCUT2D eigenvalue weighted by atomic mass is 9.84. The maximum atomic E-state index is 12.1. The molecule has 0 radical (unpaired) electrons. The van der Waals surface area contributed by atoms with Crippen LogP contribution in [0.5, 0.6) is 0 Å². The van der Waals surface area contributed by atoms with E-state index in [1.165, 1.54) is 6.42 Å². The van der Waals surface area contributed by atoms with E-state index >= 15 is 0 Å². The molecule has 0 atom stereocenters. The summed E-state index contributed by atoms with van der Waals surface area (Å²) in [6.07, 6.45) is 5.17. The van der Waals surface area contributed by atoms with Gasteiger partial charge in [-0.1, -0.05) is 24.6 Å². The molecule has 0 N–H and O–H groups in total. The van der Waals surface area contributed by atoms with Crippen LogP contribution in [-0.2, 0) is 11.3 Å². The highest BCUT2D eigenvalue weighted by molar-refractivity contribution is 5.80. The molecule has 0 aliphatic heterocycles. The van der Waals surface area contributed by atoms with Gasteiger partial charge in [0.2, 0.25) is 5.91 Å². The van der Waals surface area contributed by atoms with Crippen molar-refractivity contribution in [1.29, 1.82) is 0 Å². The Kier molecular flexibility index (Phi) is 3.20. The lowest BCUT2D eigenvalue weighted by molar-refractivity contribution is -0.137. The minimum absolute atomic E-state index is 0.262. The van der Waals surface area contributed by atoms with Crippen molar-refractivity contribution >= 4 is 16.8 Å². The molecule has 0 bridgehead atoms. The fourth-order valence-electron chi connectivity index (χ4n) is 2.52. The smallest absolute Gasteiger partial charge is 0.225 e. The third kappa shape index (κ3) is 2.46. The molecule has 1 aromatic carbocycles. The molecule has 1 heterocycles. The molecule has 1 fully saturated rings. The van der Waals surface area contributed by atoms with Crippen LogP contribution in [-0.4, -0.2) is 22.8 Å². The van der Waals surface area contributed by atoms with Crippen LogP contribution in [0.3, 0.4) is 0 Å². The summed E-state index contributed by atoms with van der Waals surface area (Å²) < 4.78 is 0. The van der Waals surface area contributed by atoms with Crippen molar-refractivity contribution in [2.75, 3.05) is 7.05 Å². The van der Waals surface area contributed by atoms with Gasteiger partial charge in [-0.05, 0) is 30.5 Å². The Morgan fingerprint density at radius 2 is 2.16 bits per heavy atom. The maximum absolute atomic E-state index is 12.1. The van der Waals surface area contributed by atoms with Gasteiger partial charge in [0.15, 0.2) is 0 Å². The van der Waals surface area contributed by atoms with Crippen molar-refractivity contribution in [3.8, 4) is 0 Å². The van der Waals surface area contributed by atoms with Gasteiger partial charge in [0.1, 0.15) is 0 Å². The summed E-state index contributed by atoms with van der Waals surface area (Å²) in [6.45, 7) is 0.646. The van der Waals surface area contributed by atoms with Crippen LogP contribution < -0.4 is 0 Å². The molecular weight excluding hydrogens is 236 g/mol. The minimum Gasteiger partial charge on any atom is -0.341 e. The first-order valence-corrected chi connectivity index (χ1v) is 6.83. The van der Waals surface area contributed by atoms with Crippen LogP contribution in [0.15, 0.2) is 36.5 Å². The van der Waals surface area contributed by atoms with Crippen molar-refractivity contribution in [2.45, 2.75) is 25.8 Å². The lowest BCUT2D eigenvalue weighted by Crippen LogP contribution is -2.35. The molecule has 2 aromatic rings. The van der Waals surface area contributed by atoms with E-state index in [4.69, 9.17) is 0 Å². The van der Waals surface area contributed by atoms with Gasteiger partial charge in [-0.25, -0.2) is 0 Å². The summed E-state index contributed by atoms with van der Waals surface area (Å²) in [5.74, 6) is 0.540. The third-order valence-corrected chi connectivity index (χ3v) is 3.90. The highest BCUT2D eigenvalue weighted by Crippen LogP contribution is 2.28. The largest absolute Gasteiger partial charge is 0.341 e. The van der Waals surface area contributed by atoms with E-state index in [1.807, 2.05) is 36.3 Å². The Hall–Kier alpha value is -1.90. The molecule has 1 aromatic heterocycles. The second-order valence-electron chi connectivity index (χ2n) is 5.36. The molecule has 3 heteroatoms. The van der Waals surface area contributed by atoms with Gasteiger partial charge >= 0.3 is 0 Å². The van der Waals surface area contributed by atoms with Crippen molar-refractivity contribution in [3.63, 3.8) is 0 Å². The van der Waals surface area contributed by atoms with E-state index in [0.717, 1.165) is 29.3 Å². The maximum Gasteiger partial charge on any atom is 0.225 e. The van der Waals surface area contributed by atoms with Gasteiger partial charge in [-0.15, -0.1) is 0 Å². The quantitative estimate of drug-likeness (QED) is 0.843. The number of hydrogen-bond donors (Lipinski definition) is 0. The van der Waals surface area contributed by atoms with Crippen LogP contribution in [0, 0.1) is 5.92 Å². The Labute approximate surface area is 113 Å². The van der Waals surface area contributed by atoms with Crippen LogP contribution in [0.25, 0.3) is 10.9 Å². The predicted octanol–water partition coefficient (Wildman–Crippen LogP) is 2.99. The second kappa shape index (κ2) is 5.00. The molecular formula is C16H18N2O. The standard InChI is InChI=1S/C16H18N2O/c1-18(16(19)13-6-4-7-13)11-12-9-14-5-2-3-8-15(14)17-10-12/h2-3,5,8-10,13H,4,6-7,11H2,1H3. The summed E-state index contributed by atoms with van der Waals surface area (Å²) in [7, 11) is 1.88. The first-order chi connectivity index (χ1) is 9.24. The van der Waals surface area contributed by atoms with E-state index in [1.54, 1.807) is 0 Å². The molecule has 1 amide bonds. The van der Waals surface area contributed by atoms with Crippen molar-refractivity contribution < 1.29 is 4.79 Å². The Morgan fingerprint density at radius 3 is 2.89 bits per heavy atom. The van der Waals surface area contributed by atoms with Crippen LogP contribution in [0.4, 0.5) is 0 Å². The Bertz CT molecular complexity index is 604. The van der Waals surface area contributed by atoms with E-state index in [-0.39, 0.29) is 11.8 Å². The zero-order valence-electron chi connectivity index (χ0n) is 11.2. The van der Waals surface area contributed by atoms with Gasteiger partial charge in [0, 0.05) is 31.1 Å². The molecule has 3 nitrogen and oxygen atoms in total. The average Bonchev–Trinajstić information content (AvgIpc) is 2.36. The third-order valence-electron chi connectivity index (χ3n) is 3.90. The zero-order chi connectivity index (χ0) is 13.2. The summed E-state index contributed by atoms with van der Waals surface area (Å²) >= 11 is 0. The number of carbonyl (C=O) groups excluding carboxylic acids is 1. The first kappa shape index (κ1) is 12.2. The van der Waals surface area contributed by atoms with Gasteiger partial charge in [-0.3, -0.25) is 9.78 Å². The summed E-state index contributed by atoms with van der Waals surface area (Å²) in [5, 5.41) is 1.13. The van der Waals surface area contributed by atoms with E-state index in [0.29, 0.717) is 6.54 Å². The summed E-state index contributed by atoms with van der Waals surface area (Å²) in [4.78, 5) is 18.4. The van der Waals surface area contributed by atoms with E-state index in [9.17, 15) is 4.79 Å². The molecule has 98 valence electrons. The minimum atomic E-state index is 0.262. The number of para-hydroxylation sites is 1. The average molecular weight is 254 g/mol. The van der Waals surface area contributed by atoms with Gasteiger partial charge in [-0.2, -0.15) is 0 Å². The number of rotatable bonds is 3. The van der Waals surface area contributed by atoms with Crippen LogP contribution in [0.2, 0.25) is 0 Å². The van der Waals surface area contributed by atoms with E-state index < -0.39 is 0 Å². The van der Waals surface area contributed by atoms with Crippen LogP contribution >= 0.6 is 0 Å². The van der Waals surface area contributed by atoms with Gasteiger partial charge in [0.25, 0.3) is 0 Å². The fourth-order valence-corrected chi connectivity index (χ4v) is 2.52. The normalized spacial score (nSPS) is 15.2. The molecule has 19 heavy (non-hydrogen) atoms. The van der Waals surface area contributed by atoms with Crippen molar-refractivity contribution in [3.05, 3.63) is 42.1 Å². The number of aromatic nitrogens is 1. The number of pyridine rings is 1. The number of carbonyl (C=O) groups is 1. The van der Waals surface area contributed by atoms with E-state index in [2.05, 4.69) is 17.1 Å². The number of benzene rings is 1. The van der Waals surface area contributed by atoms with Crippen LogP contribution in [0.1, 0.15) is 24.8 Å². The molecule has 0 unspecified atom stereocenters. The monoisotopic (exact) mass is 254 g/mol. The number of hydrogen-bond acceptors (Lipinski definition) is 2.